The zero-order valence-corrected chi connectivity index (χ0v) is 17.6. The summed E-state index contributed by atoms with van der Waals surface area (Å²) >= 11 is 0. The van der Waals surface area contributed by atoms with Crippen LogP contribution in [0, 0.1) is 0 Å². The molecule has 3 aromatic carbocycles. The Labute approximate surface area is 183 Å². The average Bonchev–Trinajstić information content (AvgIpc) is 3.21. The second-order valence-corrected chi connectivity index (χ2v) is 7.70. The Kier molecular flexibility index (Phi) is 7.95. The first-order valence-corrected chi connectivity index (χ1v) is 10.5. The van der Waals surface area contributed by atoms with Crippen LogP contribution >= 0.6 is 0 Å². The number of aliphatic hydroxyl groups is 2. The molecule has 1 aliphatic rings. The summed E-state index contributed by atoms with van der Waals surface area (Å²) in [5, 5.41) is 30.9. The van der Waals surface area contributed by atoms with Gasteiger partial charge in [-0.05, 0) is 47.6 Å². The first kappa shape index (κ1) is 22.7. The number of aryl methyl sites for hydroxylation is 1. The van der Waals surface area contributed by atoms with Gasteiger partial charge < -0.3 is 20.6 Å². The maximum absolute atomic E-state index is 10.5. The van der Waals surface area contributed by atoms with Gasteiger partial charge in [0.15, 0.2) is 6.10 Å². The van der Waals surface area contributed by atoms with Crippen molar-refractivity contribution in [3.8, 4) is 0 Å². The monoisotopic (exact) mass is 419 g/mol. The fourth-order valence-electron chi connectivity index (χ4n) is 3.88. The van der Waals surface area contributed by atoms with E-state index in [4.69, 9.17) is 5.11 Å². The van der Waals surface area contributed by atoms with Crippen LogP contribution in [0.3, 0.4) is 0 Å². The molecule has 0 fully saturated rings. The zero-order chi connectivity index (χ0) is 22.2. The Hall–Kier alpha value is -2.99. The Morgan fingerprint density at radius 3 is 2.23 bits per heavy atom. The second kappa shape index (κ2) is 10.9. The lowest BCUT2D eigenvalue weighted by Gasteiger charge is -2.13. The molecule has 5 nitrogen and oxygen atoms in total. The maximum Gasteiger partial charge on any atom is 0.337 e. The van der Waals surface area contributed by atoms with E-state index in [1.54, 1.807) is 18.2 Å². The minimum absolute atomic E-state index is 0.231. The number of fused-ring (bicyclic) bond motifs is 1. The number of hydrogen-bond acceptors (Lipinski definition) is 4. The second-order valence-electron chi connectivity index (χ2n) is 7.70. The summed E-state index contributed by atoms with van der Waals surface area (Å²) in [6.45, 7) is 2.48. The fourth-order valence-corrected chi connectivity index (χ4v) is 3.88. The fraction of sp³-hybridized carbons (Fsp3) is 0.269. The van der Waals surface area contributed by atoms with Crippen LogP contribution in [0.5, 0.6) is 0 Å². The topological polar surface area (TPSA) is 89.8 Å². The minimum atomic E-state index is -1.58. The third kappa shape index (κ3) is 6.01. The molecule has 0 bridgehead atoms. The van der Waals surface area contributed by atoms with Gasteiger partial charge in [0.25, 0.3) is 0 Å². The Balaban J connectivity index is 0.000000180. The van der Waals surface area contributed by atoms with Gasteiger partial charge in [-0.3, -0.25) is 0 Å². The lowest BCUT2D eigenvalue weighted by molar-refractivity contribution is -0.147. The number of hydrogen-bond donors (Lipinski definition) is 4. The summed E-state index contributed by atoms with van der Waals surface area (Å²) in [6.07, 6.45) is 0.0652. The molecule has 0 radical (unpaired) electrons. The van der Waals surface area contributed by atoms with E-state index in [9.17, 15) is 15.0 Å². The molecule has 3 aromatic rings. The summed E-state index contributed by atoms with van der Waals surface area (Å²) in [5.41, 5.74) is 5.02. The van der Waals surface area contributed by atoms with Gasteiger partial charge in [-0.1, -0.05) is 78.9 Å². The van der Waals surface area contributed by atoms with Gasteiger partial charge >= 0.3 is 5.97 Å². The zero-order valence-electron chi connectivity index (χ0n) is 17.6. The maximum atomic E-state index is 10.5. The van der Waals surface area contributed by atoms with Crippen molar-refractivity contribution in [1.29, 1.82) is 0 Å². The van der Waals surface area contributed by atoms with Crippen molar-refractivity contribution >= 4 is 5.97 Å². The van der Waals surface area contributed by atoms with E-state index < -0.39 is 18.2 Å². The molecule has 0 saturated carbocycles. The van der Waals surface area contributed by atoms with Crippen LogP contribution in [0.2, 0.25) is 0 Å². The van der Waals surface area contributed by atoms with E-state index in [0.29, 0.717) is 11.6 Å². The van der Waals surface area contributed by atoms with E-state index in [0.717, 1.165) is 6.54 Å². The van der Waals surface area contributed by atoms with Gasteiger partial charge in [-0.15, -0.1) is 0 Å². The molecule has 4 rings (SSSR count). The molecule has 4 N–H and O–H groups in total. The van der Waals surface area contributed by atoms with Crippen molar-refractivity contribution in [3.63, 3.8) is 0 Å². The number of aliphatic carboxylic acids is 1. The Morgan fingerprint density at radius 1 is 0.935 bits per heavy atom. The quantitative estimate of drug-likeness (QED) is 0.478. The van der Waals surface area contributed by atoms with Crippen LogP contribution in [0.15, 0.2) is 78.9 Å². The van der Waals surface area contributed by atoms with Crippen molar-refractivity contribution in [2.45, 2.75) is 44.6 Å². The molecule has 3 unspecified atom stereocenters. The lowest BCUT2D eigenvalue weighted by atomic mass is 9.99. The first-order chi connectivity index (χ1) is 15.0. The Bertz CT molecular complexity index is 987. The normalized spacial score (nSPS) is 16.5. The molecule has 1 aliphatic carbocycles. The summed E-state index contributed by atoms with van der Waals surface area (Å²) < 4.78 is 0. The van der Waals surface area contributed by atoms with E-state index in [1.165, 1.54) is 42.5 Å². The van der Waals surface area contributed by atoms with Crippen LogP contribution in [0.4, 0.5) is 0 Å². The Morgan fingerprint density at radius 2 is 1.55 bits per heavy atom. The van der Waals surface area contributed by atoms with Gasteiger partial charge in [0.05, 0.1) is 6.10 Å². The van der Waals surface area contributed by atoms with Gasteiger partial charge in [0, 0.05) is 12.6 Å². The number of aliphatic hydroxyl groups excluding tert-OH is 2. The lowest BCUT2D eigenvalue weighted by Crippen LogP contribution is -2.18. The van der Waals surface area contributed by atoms with E-state index in [-0.39, 0.29) is 5.56 Å². The standard InChI is InChI=1S/C16H17N.C10H12O4/c1-2-6-13(7-3-1)12-17-16-11-10-14-8-4-5-9-15(14)16;1-6(11)7-4-2-3-5-8(7)9(12)10(13)14/h1-9,16-17H,10-12H2;2-6,9,11-12H,1H3,(H,13,14). The number of carbonyl (C=O) groups is 1. The van der Waals surface area contributed by atoms with Crippen LogP contribution in [-0.2, 0) is 17.8 Å². The molecule has 0 amide bonds. The van der Waals surface area contributed by atoms with Crippen LogP contribution in [-0.4, -0.2) is 21.3 Å². The molecule has 0 aromatic heterocycles. The van der Waals surface area contributed by atoms with E-state index in [2.05, 4.69) is 59.9 Å². The van der Waals surface area contributed by atoms with E-state index in [1.807, 2.05) is 0 Å². The molecule has 162 valence electrons. The minimum Gasteiger partial charge on any atom is -0.479 e. The summed E-state index contributed by atoms with van der Waals surface area (Å²) in [6, 6.07) is 26.3. The molecule has 0 aliphatic heterocycles. The molecule has 0 heterocycles. The highest BCUT2D eigenvalue weighted by atomic mass is 16.4. The van der Waals surface area contributed by atoms with Gasteiger partial charge in [-0.25, -0.2) is 4.79 Å². The van der Waals surface area contributed by atoms with E-state index >= 15 is 0 Å². The third-order valence-electron chi connectivity index (χ3n) is 5.50. The molecule has 31 heavy (non-hydrogen) atoms. The molecule has 0 spiro atoms. The van der Waals surface area contributed by atoms with Crippen LogP contribution in [0.25, 0.3) is 0 Å². The van der Waals surface area contributed by atoms with Gasteiger partial charge in [-0.2, -0.15) is 0 Å². The summed E-state index contributed by atoms with van der Waals surface area (Å²) in [5.74, 6) is -1.32. The van der Waals surface area contributed by atoms with Gasteiger partial charge in [0.1, 0.15) is 0 Å². The number of nitrogens with one attached hydrogen (secondary N) is 1. The number of rotatable bonds is 6. The van der Waals surface area contributed by atoms with Crippen molar-refractivity contribution in [2.75, 3.05) is 0 Å². The first-order valence-electron chi connectivity index (χ1n) is 10.5. The predicted octanol–water partition coefficient (Wildman–Crippen LogP) is 4.32. The predicted molar refractivity (Wildman–Crippen MR) is 120 cm³/mol. The van der Waals surface area contributed by atoms with Crippen molar-refractivity contribution in [2.24, 2.45) is 0 Å². The summed E-state index contributed by atoms with van der Waals surface area (Å²) in [4.78, 5) is 10.5. The van der Waals surface area contributed by atoms with Crippen molar-refractivity contribution in [3.05, 3.63) is 107 Å². The van der Waals surface area contributed by atoms with Crippen molar-refractivity contribution < 1.29 is 20.1 Å². The molecule has 0 saturated heterocycles. The van der Waals surface area contributed by atoms with Gasteiger partial charge in [0.2, 0.25) is 0 Å². The number of carboxylic acid groups (broad SMARTS) is 1. The molecular formula is C26H29NO4. The van der Waals surface area contributed by atoms with Crippen LogP contribution < -0.4 is 5.32 Å². The summed E-state index contributed by atoms with van der Waals surface area (Å²) in [7, 11) is 0. The molecular weight excluding hydrogens is 390 g/mol. The van der Waals surface area contributed by atoms with Crippen LogP contribution in [0.1, 0.15) is 59.4 Å². The average molecular weight is 420 g/mol. The highest BCUT2D eigenvalue weighted by Gasteiger charge is 2.21. The van der Waals surface area contributed by atoms with Crippen molar-refractivity contribution in [1.82, 2.24) is 5.32 Å². The largest absolute Gasteiger partial charge is 0.479 e. The SMILES string of the molecule is CC(O)c1ccccc1C(O)C(=O)O.c1ccc(CNC2CCc3ccccc32)cc1. The number of carboxylic acids is 1. The third-order valence-corrected chi connectivity index (χ3v) is 5.50. The molecule has 5 heteroatoms. The smallest absolute Gasteiger partial charge is 0.337 e. The number of benzene rings is 3. The highest BCUT2D eigenvalue weighted by Crippen LogP contribution is 2.30. The molecule has 3 atom stereocenters. The highest BCUT2D eigenvalue weighted by molar-refractivity contribution is 5.74.